The van der Waals surface area contributed by atoms with Crippen molar-refractivity contribution in [2.75, 3.05) is 12.0 Å². The van der Waals surface area contributed by atoms with Gasteiger partial charge in [-0.2, -0.15) is 5.10 Å². The molecule has 0 bridgehead atoms. The first-order valence-corrected chi connectivity index (χ1v) is 5.17. The first kappa shape index (κ1) is 12.2. The van der Waals surface area contributed by atoms with E-state index in [4.69, 9.17) is 4.74 Å². The smallest absolute Gasteiger partial charge is 0.354 e. The fraction of sp³-hybridized carbons (Fsp3) is 0.333. The Morgan fingerprint density at radius 2 is 2.25 bits per heavy atom. The highest BCUT2D eigenvalue weighted by Crippen LogP contribution is 2.09. The molecule has 1 aromatic rings. The molecule has 0 radical (unpaired) electrons. The summed E-state index contributed by atoms with van der Waals surface area (Å²) in [6, 6.07) is 7.75. The molecule has 1 N–H and O–H groups in total. The molecule has 0 aliphatic carbocycles. The van der Waals surface area contributed by atoms with Crippen molar-refractivity contribution in [2.24, 2.45) is 5.10 Å². The van der Waals surface area contributed by atoms with Crippen molar-refractivity contribution in [3.8, 4) is 0 Å². The minimum Gasteiger partial charge on any atom is -0.461 e. The number of rotatable bonds is 4. The normalized spacial score (nSPS) is 11.1. The standard InChI is InChI=1S/C12H16N2O2/c1-4-16-12(15)10(3)13-14-11-7-5-6-9(2)8-11/h5-8,14H,4H2,1-3H3. The zero-order valence-corrected chi connectivity index (χ0v) is 9.78. The molecule has 0 fully saturated rings. The van der Waals surface area contributed by atoms with Crippen molar-refractivity contribution < 1.29 is 9.53 Å². The zero-order chi connectivity index (χ0) is 12.0. The van der Waals surface area contributed by atoms with E-state index in [1.165, 1.54) is 0 Å². The summed E-state index contributed by atoms with van der Waals surface area (Å²) >= 11 is 0. The van der Waals surface area contributed by atoms with Gasteiger partial charge in [-0.05, 0) is 38.5 Å². The number of esters is 1. The first-order valence-electron chi connectivity index (χ1n) is 5.17. The number of hydrazone groups is 1. The number of hydrogen-bond donors (Lipinski definition) is 1. The molecule has 1 rings (SSSR count). The molecule has 0 aliphatic rings. The van der Waals surface area contributed by atoms with Crippen LogP contribution in [0, 0.1) is 6.92 Å². The van der Waals surface area contributed by atoms with Crippen LogP contribution in [0.5, 0.6) is 0 Å². The Labute approximate surface area is 95.3 Å². The number of ether oxygens (including phenoxy) is 1. The molecule has 16 heavy (non-hydrogen) atoms. The molecule has 1 aromatic carbocycles. The van der Waals surface area contributed by atoms with Crippen molar-refractivity contribution >= 4 is 17.4 Å². The Hall–Kier alpha value is -1.84. The second kappa shape index (κ2) is 5.90. The third-order valence-electron chi connectivity index (χ3n) is 1.94. The number of nitrogens with one attached hydrogen (secondary N) is 1. The van der Waals surface area contributed by atoms with Crippen molar-refractivity contribution in [1.82, 2.24) is 0 Å². The Bertz CT molecular complexity index is 400. The number of anilines is 1. The van der Waals surface area contributed by atoms with Gasteiger partial charge < -0.3 is 4.74 Å². The molecule has 0 aromatic heterocycles. The molecule has 4 heteroatoms. The summed E-state index contributed by atoms with van der Waals surface area (Å²) in [5.74, 6) is -0.400. The number of benzene rings is 1. The Balaban J connectivity index is 2.62. The van der Waals surface area contributed by atoms with Gasteiger partial charge in [0, 0.05) is 0 Å². The van der Waals surface area contributed by atoms with E-state index in [-0.39, 0.29) is 0 Å². The first-order chi connectivity index (χ1) is 7.63. The van der Waals surface area contributed by atoms with Gasteiger partial charge in [-0.15, -0.1) is 0 Å². The van der Waals surface area contributed by atoms with Crippen molar-refractivity contribution in [3.63, 3.8) is 0 Å². The largest absolute Gasteiger partial charge is 0.461 e. The highest BCUT2D eigenvalue weighted by atomic mass is 16.5. The van der Waals surface area contributed by atoms with Gasteiger partial charge in [-0.25, -0.2) is 4.79 Å². The van der Waals surface area contributed by atoms with Crippen molar-refractivity contribution in [1.29, 1.82) is 0 Å². The molecule has 0 unspecified atom stereocenters. The number of aryl methyl sites for hydroxylation is 1. The molecule has 0 atom stereocenters. The molecule has 0 aliphatic heterocycles. The van der Waals surface area contributed by atoms with Crippen LogP contribution in [0.3, 0.4) is 0 Å². The number of hydrogen-bond acceptors (Lipinski definition) is 4. The third-order valence-corrected chi connectivity index (χ3v) is 1.94. The predicted octanol–water partition coefficient (Wildman–Crippen LogP) is 2.35. The highest BCUT2D eigenvalue weighted by molar-refractivity contribution is 6.35. The van der Waals surface area contributed by atoms with Crippen LogP contribution in [0.1, 0.15) is 19.4 Å². The van der Waals surface area contributed by atoms with E-state index in [9.17, 15) is 4.79 Å². The molecular weight excluding hydrogens is 204 g/mol. The molecule has 86 valence electrons. The second-order valence-corrected chi connectivity index (χ2v) is 3.40. The Morgan fingerprint density at radius 3 is 2.88 bits per heavy atom. The summed E-state index contributed by atoms with van der Waals surface area (Å²) in [5, 5.41) is 3.95. The Kier molecular flexibility index (Phi) is 4.51. The van der Waals surface area contributed by atoms with Crippen LogP contribution in [-0.2, 0) is 9.53 Å². The van der Waals surface area contributed by atoms with Gasteiger partial charge in [-0.1, -0.05) is 12.1 Å². The number of carbonyl (C=O) groups excluding carboxylic acids is 1. The van der Waals surface area contributed by atoms with Crippen LogP contribution in [0.4, 0.5) is 5.69 Å². The molecule has 0 saturated carbocycles. The van der Waals surface area contributed by atoms with Crippen LogP contribution < -0.4 is 5.43 Å². The average Bonchev–Trinajstić information content (AvgIpc) is 2.26. The fourth-order valence-electron chi connectivity index (χ4n) is 1.14. The summed E-state index contributed by atoms with van der Waals surface area (Å²) in [5.41, 5.74) is 5.10. The van der Waals surface area contributed by atoms with Gasteiger partial charge in [0.15, 0.2) is 0 Å². The van der Waals surface area contributed by atoms with Gasteiger partial charge in [0.1, 0.15) is 5.71 Å². The lowest BCUT2D eigenvalue weighted by Gasteiger charge is -2.03. The van der Waals surface area contributed by atoms with Crippen LogP contribution in [0.2, 0.25) is 0 Å². The van der Waals surface area contributed by atoms with Gasteiger partial charge >= 0.3 is 5.97 Å². The summed E-state index contributed by atoms with van der Waals surface area (Å²) in [4.78, 5) is 11.2. The molecule has 0 heterocycles. The van der Waals surface area contributed by atoms with Gasteiger partial charge in [0.25, 0.3) is 0 Å². The van der Waals surface area contributed by atoms with Gasteiger partial charge in [-0.3, -0.25) is 5.43 Å². The van der Waals surface area contributed by atoms with E-state index >= 15 is 0 Å². The number of nitrogens with zero attached hydrogens (tertiary/aromatic N) is 1. The minimum absolute atomic E-state index is 0.309. The minimum atomic E-state index is -0.400. The van der Waals surface area contributed by atoms with E-state index in [0.29, 0.717) is 12.3 Å². The Morgan fingerprint density at radius 1 is 1.50 bits per heavy atom. The lowest BCUT2D eigenvalue weighted by molar-refractivity contribution is -0.135. The summed E-state index contributed by atoms with van der Waals surface area (Å²) in [6.45, 7) is 5.73. The molecule has 0 spiro atoms. The van der Waals surface area contributed by atoms with E-state index in [1.807, 2.05) is 31.2 Å². The maximum Gasteiger partial charge on any atom is 0.354 e. The van der Waals surface area contributed by atoms with E-state index in [0.717, 1.165) is 11.3 Å². The average molecular weight is 220 g/mol. The SMILES string of the molecule is CCOC(=O)C(C)=NNc1cccc(C)c1. The van der Waals surface area contributed by atoms with Crippen LogP contribution >= 0.6 is 0 Å². The fourth-order valence-corrected chi connectivity index (χ4v) is 1.14. The second-order valence-electron chi connectivity index (χ2n) is 3.40. The number of carbonyl (C=O) groups is 1. The monoisotopic (exact) mass is 220 g/mol. The van der Waals surface area contributed by atoms with E-state index < -0.39 is 5.97 Å². The van der Waals surface area contributed by atoms with Crippen LogP contribution in [-0.4, -0.2) is 18.3 Å². The lowest BCUT2D eigenvalue weighted by atomic mass is 10.2. The zero-order valence-electron chi connectivity index (χ0n) is 9.78. The lowest BCUT2D eigenvalue weighted by Crippen LogP contribution is -2.15. The van der Waals surface area contributed by atoms with Gasteiger partial charge in [0.2, 0.25) is 0 Å². The quantitative estimate of drug-likeness (QED) is 0.481. The topological polar surface area (TPSA) is 50.7 Å². The summed E-state index contributed by atoms with van der Waals surface area (Å²) in [7, 11) is 0. The summed E-state index contributed by atoms with van der Waals surface area (Å²) in [6.07, 6.45) is 0. The maximum absolute atomic E-state index is 11.2. The molecular formula is C12H16N2O2. The maximum atomic E-state index is 11.2. The highest BCUT2D eigenvalue weighted by Gasteiger charge is 2.05. The van der Waals surface area contributed by atoms with Crippen LogP contribution in [0.15, 0.2) is 29.4 Å². The van der Waals surface area contributed by atoms with E-state index in [2.05, 4.69) is 10.5 Å². The van der Waals surface area contributed by atoms with Crippen LogP contribution in [0.25, 0.3) is 0 Å². The predicted molar refractivity (Wildman–Crippen MR) is 64.5 cm³/mol. The molecule has 4 nitrogen and oxygen atoms in total. The third kappa shape index (κ3) is 3.73. The van der Waals surface area contributed by atoms with Crippen molar-refractivity contribution in [3.05, 3.63) is 29.8 Å². The molecule has 0 saturated heterocycles. The van der Waals surface area contributed by atoms with Crippen molar-refractivity contribution in [2.45, 2.75) is 20.8 Å². The van der Waals surface area contributed by atoms with E-state index in [1.54, 1.807) is 13.8 Å². The van der Waals surface area contributed by atoms with Gasteiger partial charge in [0.05, 0.1) is 12.3 Å². The summed E-state index contributed by atoms with van der Waals surface area (Å²) < 4.78 is 4.81. The molecule has 0 amide bonds.